The summed E-state index contributed by atoms with van der Waals surface area (Å²) in [5.41, 5.74) is 2.69. The maximum atomic E-state index is 5.23. The van der Waals surface area contributed by atoms with Crippen molar-refractivity contribution in [3.8, 4) is 10.7 Å². The highest BCUT2D eigenvalue weighted by molar-refractivity contribution is 7.71. The smallest absolute Gasteiger partial charge is 0.195 e. The Labute approximate surface area is 108 Å². The molecule has 0 aliphatic carbocycles. The largest absolute Gasteiger partial charge is 0.378 e. The summed E-state index contributed by atoms with van der Waals surface area (Å²) in [5, 5.41) is 7.11. The molecule has 92 valence electrons. The van der Waals surface area contributed by atoms with E-state index >= 15 is 0 Å². The number of aromatic amines is 1. The Morgan fingerprint density at radius 1 is 1.59 bits per heavy atom. The molecule has 7 heteroatoms. The molecule has 2 aromatic rings. The lowest BCUT2D eigenvalue weighted by Gasteiger charge is -2.09. The van der Waals surface area contributed by atoms with Gasteiger partial charge in [-0.15, -0.1) is 11.3 Å². The molecule has 0 spiro atoms. The van der Waals surface area contributed by atoms with Crippen LogP contribution in [-0.4, -0.2) is 26.9 Å². The van der Waals surface area contributed by atoms with Gasteiger partial charge in [-0.25, -0.2) is 4.98 Å². The van der Waals surface area contributed by atoms with E-state index in [1.54, 1.807) is 24.0 Å². The first-order chi connectivity index (χ1) is 8.15. The Balaban J connectivity index is 2.53. The quantitative estimate of drug-likeness (QED) is 0.868. The number of hydrogen-bond acceptors (Lipinski definition) is 5. The second-order valence-electron chi connectivity index (χ2n) is 3.88. The zero-order valence-electron chi connectivity index (χ0n) is 9.93. The normalized spacial score (nSPS) is 11.3. The molecule has 0 radical (unpaired) electrons. The molecule has 5 nitrogen and oxygen atoms in total. The van der Waals surface area contributed by atoms with E-state index in [1.165, 1.54) is 0 Å². The fourth-order valence-corrected chi connectivity index (χ4v) is 2.76. The molecule has 0 aliphatic heterocycles. The van der Waals surface area contributed by atoms with Crippen molar-refractivity contribution in [2.24, 2.45) is 0 Å². The van der Waals surface area contributed by atoms with Gasteiger partial charge in [0.2, 0.25) is 0 Å². The van der Waals surface area contributed by atoms with Gasteiger partial charge in [-0.3, -0.25) is 9.67 Å². The van der Waals surface area contributed by atoms with Crippen LogP contribution in [0.5, 0.6) is 0 Å². The minimum absolute atomic E-state index is 0.258. The van der Waals surface area contributed by atoms with Crippen LogP contribution in [0.1, 0.15) is 25.6 Å². The highest BCUT2D eigenvalue weighted by Crippen LogP contribution is 2.28. The predicted octanol–water partition coefficient (Wildman–Crippen LogP) is 2.79. The summed E-state index contributed by atoms with van der Waals surface area (Å²) in [7, 11) is 1.66. The first kappa shape index (κ1) is 12.4. The minimum atomic E-state index is 0.258. The lowest BCUT2D eigenvalue weighted by atomic mass is 10.3. The number of thiazole rings is 1. The van der Waals surface area contributed by atoms with Crippen LogP contribution in [0.3, 0.4) is 0 Å². The molecule has 0 unspecified atom stereocenters. The molecular formula is C10H14N4OS2. The average molecular weight is 270 g/mol. The van der Waals surface area contributed by atoms with Crippen molar-refractivity contribution in [1.82, 2.24) is 19.7 Å². The van der Waals surface area contributed by atoms with Crippen LogP contribution in [0.15, 0.2) is 5.51 Å². The fraction of sp³-hybridized carbons (Fsp3) is 0.500. The number of ether oxygens (including phenoxy) is 1. The Kier molecular flexibility index (Phi) is 3.70. The zero-order chi connectivity index (χ0) is 12.4. The van der Waals surface area contributed by atoms with Crippen LogP contribution in [-0.2, 0) is 11.3 Å². The molecule has 0 aromatic carbocycles. The van der Waals surface area contributed by atoms with E-state index < -0.39 is 0 Å². The van der Waals surface area contributed by atoms with Crippen LogP contribution >= 0.6 is 23.6 Å². The van der Waals surface area contributed by atoms with E-state index in [1.807, 2.05) is 4.57 Å². The number of hydrogen-bond donors (Lipinski definition) is 1. The molecule has 0 amide bonds. The summed E-state index contributed by atoms with van der Waals surface area (Å²) in [4.78, 5) is 5.29. The second-order valence-corrected chi connectivity index (χ2v) is 5.12. The highest BCUT2D eigenvalue weighted by Gasteiger charge is 2.17. The van der Waals surface area contributed by atoms with Gasteiger partial charge in [0.25, 0.3) is 0 Å². The molecule has 0 saturated carbocycles. The van der Waals surface area contributed by atoms with E-state index in [-0.39, 0.29) is 6.04 Å². The Morgan fingerprint density at radius 2 is 2.35 bits per heavy atom. The monoisotopic (exact) mass is 270 g/mol. The molecule has 0 saturated heterocycles. The summed E-state index contributed by atoms with van der Waals surface area (Å²) < 4.78 is 7.75. The van der Waals surface area contributed by atoms with Gasteiger partial charge >= 0.3 is 0 Å². The van der Waals surface area contributed by atoms with Crippen LogP contribution in [0.2, 0.25) is 0 Å². The van der Waals surface area contributed by atoms with E-state index in [2.05, 4.69) is 29.0 Å². The SMILES string of the molecule is COCc1ncsc1-c1n[nH]c(=S)n1C(C)C. The highest BCUT2D eigenvalue weighted by atomic mass is 32.1. The molecular weight excluding hydrogens is 256 g/mol. The fourth-order valence-electron chi connectivity index (χ4n) is 1.63. The number of nitrogens with zero attached hydrogens (tertiary/aromatic N) is 3. The lowest BCUT2D eigenvalue weighted by molar-refractivity contribution is 0.182. The van der Waals surface area contributed by atoms with Crippen molar-refractivity contribution in [3.05, 3.63) is 16.0 Å². The van der Waals surface area contributed by atoms with Crippen LogP contribution in [0, 0.1) is 4.77 Å². The summed E-state index contributed by atoms with van der Waals surface area (Å²) in [6.45, 7) is 4.63. The second kappa shape index (κ2) is 5.07. The van der Waals surface area contributed by atoms with Crippen LogP contribution in [0.4, 0.5) is 0 Å². The lowest BCUT2D eigenvalue weighted by Crippen LogP contribution is -2.04. The molecule has 17 heavy (non-hydrogen) atoms. The minimum Gasteiger partial charge on any atom is -0.378 e. The maximum absolute atomic E-state index is 5.23. The van der Waals surface area contributed by atoms with Crippen molar-refractivity contribution in [2.75, 3.05) is 7.11 Å². The number of rotatable bonds is 4. The van der Waals surface area contributed by atoms with Gasteiger partial charge in [-0.2, -0.15) is 5.10 Å². The average Bonchev–Trinajstić information content (AvgIpc) is 2.84. The maximum Gasteiger partial charge on any atom is 0.195 e. The summed E-state index contributed by atoms with van der Waals surface area (Å²) >= 11 is 6.78. The van der Waals surface area contributed by atoms with Crippen molar-refractivity contribution < 1.29 is 4.74 Å². The van der Waals surface area contributed by atoms with E-state index in [0.29, 0.717) is 11.4 Å². The van der Waals surface area contributed by atoms with Gasteiger partial charge in [0, 0.05) is 13.2 Å². The Morgan fingerprint density at radius 3 is 3.00 bits per heavy atom. The van der Waals surface area contributed by atoms with Crippen molar-refractivity contribution in [1.29, 1.82) is 0 Å². The Bertz CT molecular complexity index is 555. The molecule has 0 atom stereocenters. The van der Waals surface area contributed by atoms with Crippen molar-refractivity contribution >= 4 is 23.6 Å². The van der Waals surface area contributed by atoms with E-state index in [9.17, 15) is 0 Å². The third-order valence-electron chi connectivity index (χ3n) is 2.35. The molecule has 2 rings (SSSR count). The summed E-state index contributed by atoms with van der Waals surface area (Å²) in [5.74, 6) is 0.833. The molecule has 2 aromatic heterocycles. The van der Waals surface area contributed by atoms with Crippen LogP contribution in [0.25, 0.3) is 10.7 Å². The third kappa shape index (κ3) is 2.31. The number of methoxy groups -OCH3 is 1. The molecule has 1 N–H and O–H groups in total. The summed E-state index contributed by atoms with van der Waals surface area (Å²) in [6, 6.07) is 0.258. The first-order valence-corrected chi connectivity index (χ1v) is 6.52. The molecule has 0 bridgehead atoms. The molecule has 0 aliphatic rings. The summed E-state index contributed by atoms with van der Waals surface area (Å²) in [6.07, 6.45) is 0. The van der Waals surface area contributed by atoms with Crippen molar-refractivity contribution in [2.45, 2.75) is 26.5 Å². The van der Waals surface area contributed by atoms with Crippen molar-refractivity contribution in [3.63, 3.8) is 0 Å². The standard InChI is InChI=1S/C10H14N4OS2/c1-6(2)14-9(12-13-10(14)16)8-7(4-15-3)11-5-17-8/h5-6H,4H2,1-3H3,(H,13,16). The number of aromatic nitrogens is 4. The van der Waals surface area contributed by atoms with E-state index in [0.717, 1.165) is 16.4 Å². The topological polar surface area (TPSA) is 55.7 Å². The van der Waals surface area contributed by atoms with Gasteiger partial charge in [0.1, 0.15) is 0 Å². The van der Waals surface area contributed by atoms with Gasteiger partial charge in [0.15, 0.2) is 10.6 Å². The zero-order valence-corrected chi connectivity index (χ0v) is 11.6. The molecule has 0 fully saturated rings. The third-order valence-corrected chi connectivity index (χ3v) is 3.50. The predicted molar refractivity (Wildman–Crippen MR) is 69.6 cm³/mol. The number of nitrogens with one attached hydrogen (secondary N) is 1. The van der Waals surface area contributed by atoms with Gasteiger partial charge in [-0.1, -0.05) is 0 Å². The molecule has 2 heterocycles. The van der Waals surface area contributed by atoms with Gasteiger partial charge in [0.05, 0.1) is 22.7 Å². The Hall–Kier alpha value is -1.05. The first-order valence-electron chi connectivity index (χ1n) is 5.23. The van der Waals surface area contributed by atoms with E-state index in [4.69, 9.17) is 17.0 Å². The van der Waals surface area contributed by atoms with Crippen LogP contribution < -0.4 is 0 Å². The van der Waals surface area contributed by atoms with Gasteiger partial charge < -0.3 is 4.74 Å². The van der Waals surface area contributed by atoms with Gasteiger partial charge in [-0.05, 0) is 26.1 Å². The number of H-pyrrole nitrogens is 1.